The van der Waals surface area contributed by atoms with E-state index in [1.807, 2.05) is 54.6 Å². The minimum Gasteiger partial charge on any atom is -0.472 e. The molecule has 0 saturated heterocycles. The Morgan fingerprint density at radius 2 is 1.87 bits per heavy atom. The molecule has 0 fully saturated rings. The van der Waals surface area contributed by atoms with Gasteiger partial charge < -0.3 is 19.8 Å². The quantitative estimate of drug-likeness (QED) is 0.197. The van der Waals surface area contributed by atoms with Gasteiger partial charge in [-0.15, -0.1) is 0 Å². The number of benzene rings is 2. The molecule has 0 bridgehead atoms. The van der Waals surface area contributed by atoms with E-state index < -0.39 is 12.0 Å². The molecule has 0 saturated carbocycles. The van der Waals surface area contributed by atoms with E-state index in [-0.39, 0.29) is 5.52 Å². The number of nitrogens with one attached hydrogen (secondary N) is 3. The minimum absolute atomic E-state index is 0.263. The number of H-pyrrole nitrogens is 2. The number of hydrogen-bond donors (Lipinski definition) is 4. The van der Waals surface area contributed by atoms with Crippen LogP contribution in [0.25, 0.3) is 55.8 Å². The molecule has 9 nitrogen and oxygen atoms in total. The van der Waals surface area contributed by atoms with Crippen molar-refractivity contribution in [3.63, 3.8) is 0 Å². The molecule has 2 aromatic carbocycles. The van der Waals surface area contributed by atoms with Crippen LogP contribution >= 0.6 is 0 Å². The molecule has 5 aromatic heterocycles. The molecule has 0 radical (unpaired) electrons. The molecule has 7 aromatic rings. The maximum Gasteiger partial charge on any atom is 0.160 e. The third-order valence-electron chi connectivity index (χ3n) is 6.56. The minimum atomic E-state index is -0.920. The smallest absolute Gasteiger partial charge is 0.160 e. The van der Waals surface area contributed by atoms with Gasteiger partial charge in [0.2, 0.25) is 0 Å². The first-order valence-corrected chi connectivity index (χ1v) is 12.1. The van der Waals surface area contributed by atoms with Crippen LogP contribution in [0, 0.1) is 5.82 Å². The second kappa shape index (κ2) is 9.19. The van der Waals surface area contributed by atoms with Crippen LogP contribution < -0.4 is 5.32 Å². The number of fused-ring (bicyclic) bond motifs is 2. The van der Waals surface area contributed by atoms with Gasteiger partial charge in [-0.25, -0.2) is 14.4 Å². The highest BCUT2D eigenvalue weighted by atomic mass is 19.1. The van der Waals surface area contributed by atoms with Crippen molar-refractivity contribution in [2.45, 2.75) is 6.23 Å². The van der Waals surface area contributed by atoms with E-state index in [1.54, 1.807) is 31.1 Å². The maximum absolute atomic E-state index is 15.2. The second-order valence-corrected chi connectivity index (χ2v) is 9.03. The molecular weight excluding hydrogens is 497 g/mol. The summed E-state index contributed by atoms with van der Waals surface area (Å²) in [5.74, 6) is -0.00646. The van der Waals surface area contributed by atoms with Crippen LogP contribution in [0.5, 0.6) is 0 Å². The number of aromatic nitrogens is 6. The Bertz CT molecular complexity index is 1930. The van der Waals surface area contributed by atoms with Crippen LogP contribution in [0.15, 0.2) is 96.2 Å². The van der Waals surface area contributed by atoms with Crippen molar-refractivity contribution in [1.29, 1.82) is 0 Å². The lowest BCUT2D eigenvalue weighted by Crippen LogP contribution is -2.09. The summed E-state index contributed by atoms with van der Waals surface area (Å²) in [6.07, 6.45) is 7.26. The standard InChI is InChI=1S/C29H20FN7O2/c30-23-12-18(19-10-20(14-31-13-19)33-29(38)16-4-2-1-3-5-16)11-22-24(23)36-37-26(22)28-34-25-21(17-7-9-39-15-17)6-8-32-27(25)35-28/h1-15,29,33,38H,(H,36,37)(H,32,34,35). The molecule has 0 amide bonds. The summed E-state index contributed by atoms with van der Waals surface area (Å²) < 4.78 is 20.5. The Morgan fingerprint density at radius 3 is 2.72 bits per heavy atom. The number of aliphatic hydroxyl groups excluding tert-OH is 1. The van der Waals surface area contributed by atoms with Gasteiger partial charge in [0.25, 0.3) is 0 Å². The van der Waals surface area contributed by atoms with Crippen molar-refractivity contribution in [3.8, 4) is 33.8 Å². The number of furan rings is 1. The van der Waals surface area contributed by atoms with Crippen molar-refractivity contribution >= 4 is 27.8 Å². The van der Waals surface area contributed by atoms with Crippen molar-refractivity contribution in [2.24, 2.45) is 0 Å². The highest BCUT2D eigenvalue weighted by molar-refractivity contribution is 5.97. The summed E-state index contributed by atoms with van der Waals surface area (Å²) in [6, 6.07) is 18.0. The third kappa shape index (κ3) is 4.09. The van der Waals surface area contributed by atoms with Gasteiger partial charge in [0.15, 0.2) is 17.7 Å². The van der Waals surface area contributed by atoms with Gasteiger partial charge in [-0.05, 0) is 35.9 Å². The Kier molecular flexibility index (Phi) is 5.38. The number of halogens is 1. The number of nitrogens with zero attached hydrogens (tertiary/aromatic N) is 4. The van der Waals surface area contributed by atoms with Gasteiger partial charge in [0, 0.05) is 40.0 Å². The normalized spacial score (nSPS) is 12.3. The van der Waals surface area contributed by atoms with Crippen molar-refractivity contribution in [1.82, 2.24) is 30.1 Å². The zero-order chi connectivity index (χ0) is 26.3. The summed E-state index contributed by atoms with van der Waals surface area (Å²) in [6.45, 7) is 0. The fourth-order valence-electron chi connectivity index (χ4n) is 4.65. The van der Waals surface area contributed by atoms with Crippen LogP contribution in [-0.2, 0) is 0 Å². The number of hydrogen-bond acceptors (Lipinski definition) is 7. The molecule has 190 valence electrons. The zero-order valence-electron chi connectivity index (χ0n) is 20.3. The van der Waals surface area contributed by atoms with E-state index in [4.69, 9.17) is 9.40 Å². The Morgan fingerprint density at radius 1 is 0.974 bits per heavy atom. The monoisotopic (exact) mass is 517 g/mol. The SMILES string of the molecule is OC(Nc1cncc(-c2cc(F)c3[nH]nc(-c4nc5c(-c6ccoc6)ccnc5[nH]4)c3c2)c1)c1ccccc1. The van der Waals surface area contributed by atoms with E-state index in [2.05, 4.69) is 30.5 Å². The van der Waals surface area contributed by atoms with Crippen molar-refractivity contribution in [2.75, 3.05) is 5.32 Å². The van der Waals surface area contributed by atoms with Crippen LogP contribution in [0.3, 0.4) is 0 Å². The van der Waals surface area contributed by atoms with Crippen LogP contribution in [-0.4, -0.2) is 35.2 Å². The molecule has 1 atom stereocenters. The number of rotatable bonds is 6. The van der Waals surface area contributed by atoms with E-state index in [0.29, 0.717) is 44.9 Å². The van der Waals surface area contributed by atoms with Crippen LogP contribution in [0.4, 0.5) is 10.1 Å². The average Bonchev–Trinajstić information content (AvgIpc) is 3.73. The van der Waals surface area contributed by atoms with E-state index in [9.17, 15) is 5.11 Å². The first kappa shape index (κ1) is 22.8. The highest BCUT2D eigenvalue weighted by Crippen LogP contribution is 2.34. The molecule has 0 spiro atoms. The predicted molar refractivity (Wildman–Crippen MR) is 145 cm³/mol. The first-order valence-electron chi connectivity index (χ1n) is 12.1. The summed E-state index contributed by atoms with van der Waals surface area (Å²) in [4.78, 5) is 16.7. The predicted octanol–water partition coefficient (Wildman–Crippen LogP) is 6.07. The Labute approximate surface area is 220 Å². The zero-order valence-corrected chi connectivity index (χ0v) is 20.3. The lowest BCUT2D eigenvalue weighted by Gasteiger charge is -2.15. The molecule has 0 aliphatic heterocycles. The largest absolute Gasteiger partial charge is 0.472 e. The van der Waals surface area contributed by atoms with E-state index in [1.165, 1.54) is 6.07 Å². The van der Waals surface area contributed by atoms with Crippen LogP contribution in [0.2, 0.25) is 0 Å². The number of aliphatic hydroxyl groups is 1. The molecule has 4 N–H and O–H groups in total. The highest BCUT2D eigenvalue weighted by Gasteiger charge is 2.19. The number of imidazole rings is 1. The van der Waals surface area contributed by atoms with Gasteiger partial charge >= 0.3 is 0 Å². The Balaban J connectivity index is 1.28. The van der Waals surface area contributed by atoms with E-state index in [0.717, 1.165) is 16.7 Å². The average molecular weight is 518 g/mol. The number of pyridine rings is 2. The van der Waals surface area contributed by atoms with Gasteiger partial charge in [-0.1, -0.05) is 30.3 Å². The fourth-order valence-corrected chi connectivity index (χ4v) is 4.65. The number of anilines is 1. The van der Waals surface area contributed by atoms with E-state index >= 15 is 4.39 Å². The van der Waals surface area contributed by atoms with Crippen molar-refractivity contribution < 1.29 is 13.9 Å². The molecule has 10 heteroatoms. The number of aromatic amines is 2. The second-order valence-electron chi connectivity index (χ2n) is 9.03. The van der Waals surface area contributed by atoms with Gasteiger partial charge in [0.1, 0.15) is 22.5 Å². The molecule has 7 rings (SSSR count). The van der Waals surface area contributed by atoms with Gasteiger partial charge in [-0.2, -0.15) is 5.10 Å². The molecule has 1 unspecified atom stereocenters. The Hall–Kier alpha value is -5.35. The van der Waals surface area contributed by atoms with Gasteiger partial charge in [0.05, 0.1) is 24.4 Å². The third-order valence-corrected chi connectivity index (χ3v) is 6.56. The lowest BCUT2D eigenvalue weighted by atomic mass is 10.0. The topological polar surface area (TPSA) is 129 Å². The lowest BCUT2D eigenvalue weighted by molar-refractivity contribution is 0.208. The summed E-state index contributed by atoms with van der Waals surface area (Å²) in [5.41, 5.74) is 6.26. The first-order chi connectivity index (χ1) is 19.1. The van der Waals surface area contributed by atoms with Gasteiger partial charge in [-0.3, -0.25) is 10.1 Å². The summed E-state index contributed by atoms with van der Waals surface area (Å²) in [7, 11) is 0. The van der Waals surface area contributed by atoms with Crippen LogP contribution in [0.1, 0.15) is 11.8 Å². The molecule has 39 heavy (non-hydrogen) atoms. The summed E-state index contributed by atoms with van der Waals surface area (Å²) >= 11 is 0. The molecule has 5 heterocycles. The van der Waals surface area contributed by atoms with Crippen molar-refractivity contribution in [3.05, 3.63) is 103 Å². The molecular formula is C29H20FN7O2. The molecule has 0 aliphatic rings. The molecule has 0 aliphatic carbocycles. The summed E-state index contributed by atoms with van der Waals surface area (Å²) in [5, 5.41) is 21.3. The maximum atomic E-state index is 15.2. The fraction of sp³-hybridized carbons (Fsp3) is 0.0345.